The van der Waals surface area contributed by atoms with Crippen molar-refractivity contribution in [1.82, 2.24) is 4.90 Å². The van der Waals surface area contributed by atoms with Crippen LogP contribution in [0, 0.1) is 0 Å². The summed E-state index contributed by atoms with van der Waals surface area (Å²) < 4.78 is 0. The molecule has 0 bridgehead atoms. The van der Waals surface area contributed by atoms with E-state index in [2.05, 4.69) is 4.99 Å². The van der Waals surface area contributed by atoms with Crippen LogP contribution in [-0.2, 0) is 10.3 Å². The Kier molecular flexibility index (Phi) is 3.89. The van der Waals surface area contributed by atoms with E-state index in [1.165, 1.54) is 22.3 Å². The molecule has 0 spiro atoms. The molecule has 0 aliphatic carbocycles. The first-order valence-electron chi connectivity index (χ1n) is 8.24. The predicted octanol–water partition coefficient (Wildman–Crippen LogP) is 2.86. The maximum atomic E-state index is 13.2. The lowest BCUT2D eigenvalue weighted by molar-refractivity contribution is -0.129. The third kappa shape index (κ3) is 2.63. The molecular weight excluding hydrogens is 362 g/mol. The number of phenolic OH excluding ortho intramolecular Hbond substituents is 2. The van der Waals surface area contributed by atoms with Crippen molar-refractivity contribution < 1.29 is 15.0 Å². The predicted molar refractivity (Wildman–Crippen MR) is 105 cm³/mol. The molecule has 4 N–H and O–H groups in total. The van der Waals surface area contributed by atoms with Gasteiger partial charge in [-0.3, -0.25) is 9.69 Å². The van der Waals surface area contributed by atoms with Gasteiger partial charge in [0.1, 0.15) is 11.5 Å². The van der Waals surface area contributed by atoms with Crippen molar-refractivity contribution in [3.05, 3.63) is 71.1 Å². The van der Waals surface area contributed by atoms with Crippen molar-refractivity contribution in [3.63, 3.8) is 0 Å². The van der Waals surface area contributed by atoms with Gasteiger partial charge in [0.05, 0.1) is 0 Å². The zero-order valence-corrected chi connectivity index (χ0v) is 15.3. The second kappa shape index (κ2) is 6.14. The molecule has 4 rings (SSSR count). The minimum atomic E-state index is -1.23. The highest BCUT2D eigenvalue weighted by atomic mass is 32.1. The second-order valence-corrected chi connectivity index (χ2v) is 7.40. The summed E-state index contributed by atoms with van der Waals surface area (Å²) in [5, 5.41) is 19.5. The van der Waals surface area contributed by atoms with Crippen molar-refractivity contribution in [3.8, 4) is 21.9 Å². The number of aromatic hydroxyl groups is 2. The van der Waals surface area contributed by atoms with E-state index >= 15 is 0 Å². The van der Waals surface area contributed by atoms with Crippen LogP contribution in [0.5, 0.6) is 11.5 Å². The van der Waals surface area contributed by atoms with Crippen molar-refractivity contribution in [1.29, 1.82) is 0 Å². The number of nitrogens with two attached hydrogens (primary N) is 1. The fourth-order valence-corrected chi connectivity index (χ4v) is 4.38. The van der Waals surface area contributed by atoms with E-state index in [1.54, 1.807) is 19.2 Å². The molecule has 1 aliphatic rings. The zero-order chi connectivity index (χ0) is 19.2. The number of hydrogen-bond acceptors (Lipinski definition) is 6. The average molecular weight is 379 g/mol. The smallest absolute Gasteiger partial charge is 0.267 e. The lowest BCUT2D eigenvalue weighted by Gasteiger charge is -2.24. The van der Waals surface area contributed by atoms with Crippen LogP contribution >= 0.6 is 11.3 Å². The Morgan fingerprint density at radius 2 is 1.70 bits per heavy atom. The van der Waals surface area contributed by atoms with Crippen LogP contribution in [0.3, 0.4) is 0 Å². The monoisotopic (exact) mass is 379 g/mol. The van der Waals surface area contributed by atoms with Crippen LogP contribution in [0.4, 0.5) is 0 Å². The van der Waals surface area contributed by atoms with Crippen LogP contribution in [0.15, 0.2) is 65.7 Å². The van der Waals surface area contributed by atoms with Crippen molar-refractivity contribution >= 4 is 23.2 Å². The normalized spacial score (nSPS) is 19.4. The van der Waals surface area contributed by atoms with E-state index < -0.39 is 5.54 Å². The Morgan fingerprint density at radius 1 is 1.04 bits per heavy atom. The molecule has 0 saturated heterocycles. The van der Waals surface area contributed by atoms with Gasteiger partial charge >= 0.3 is 0 Å². The van der Waals surface area contributed by atoms with Crippen LogP contribution in [0.25, 0.3) is 10.4 Å². The van der Waals surface area contributed by atoms with Gasteiger partial charge in [-0.1, -0.05) is 30.3 Å². The largest absolute Gasteiger partial charge is 0.508 e. The Morgan fingerprint density at radius 3 is 2.30 bits per heavy atom. The maximum Gasteiger partial charge on any atom is 0.267 e. The number of aliphatic imine (C=N–C) groups is 1. The summed E-state index contributed by atoms with van der Waals surface area (Å²) >= 11 is 1.37. The summed E-state index contributed by atoms with van der Waals surface area (Å²) in [6.07, 6.45) is 0. The fourth-order valence-electron chi connectivity index (χ4n) is 3.24. The van der Waals surface area contributed by atoms with E-state index in [-0.39, 0.29) is 23.4 Å². The number of guanidine groups is 1. The molecule has 3 aromatic rings. The molecule has 1 atom stereocenters. The fraction of sp³-hybridized carbons (Fsp3) is 0.100. The van der Waals surface area contributed by atoms with E-state index in [0.717, 1.165) is 10.4 Å². The van der Waals surface area contributed by atoms with Crippen LogP contribution < -0.4 is 5.73 Å². The first-order chi connectivity index (χ1) is 12.9. The average Bonchev–Trinajstić information content (AvgIpc) is 3.22. The molecule has 136 valence electrons. The molecule has 0 fully saturated rings. The van der Waals surface area contributed by atoms with Gasteiger partial charge in [-0.05, 0) is 35.4 Å². The number of nitrogens with zero attached hydrogens (tertiary/aromatic N) is 2. The standard InChI is InChI=1S/C20H17N3O3S/c1-23-18(26)20(22-19(23)21,13-5-3-2-4-6-13)17-8-7-16(27-17)12-9-14(24)11-15(25)10-12/h2-11,24-25H,1H3,(H2,21,22). The van der Waals surface area contributed by atoms with Gasteiger partial charge in [-0.25, -0.2) is 4.99 Å². The number of carbonyl (C=O) groups is 1. The van der Waals surface area contributed by atoms with E-state index in [4.69, 9.17) is 5.73 Å². The highest BCUT2D eigenvalue weighted by molar-refractivity contribution is 7.15. The van der Waals surface area contributed by atoms with Crippen molar-refractivity contribution in [2.24, 2.45) is 10.7 Å². The SMILES string of the molecule is CN1C(=O)C(c2ccccc2)(c2ccc(-c3cc(O)cc(O)c3)s2)N=C1N. The number of benzene rings is 2. The number of likely N-dealkylation sites (N-methyl/N-ethyl adjacent to an activating group) is 1. The molecule has 0 saturated carbocycles. The number of thiophene rings is 1. The summed E-state index contributed by atoms with van der Waals surface area (Å²) in [5.74, 6) is -0.125. The highest BCUT2D eigenvalue weighted by Crippen LogP contribution is 2.44. The Bertz CT molecular complexity index is 1040. The van der Waals surface area contributed by atoms with Gasteiger partial charge in [-0.15, -0.1) is 11.3 Å². The molecule has 7 heteroatoms. The number of phenols is 2. The summed E-state index contributed by atoms with van der Waals surface area (Å²) in [5.41, 5.74) is 6.12. The molecule has 1 aromatic heterocycles. The van der Waals surface area contributed by atoms with Crippen LogP contribution in [0.2, 0.25) is 0 Å². The van der Waals surface area contributed by atoms with Gasteiger partial charge in [-0.2, -0.15) is 0 Å². The third-order valence-electron chi connectivity index (χ3n) is 4.58. The van der Waals surface area contributed by atoms with Gasteiger partial charge in [0.2, 0.25) is 5.54 Å². The van der Waals surface area contributed by atoms with Gasteiger partial charge < -0.3 is 15.9 Å². The Balaban J connectivity index is 1.89. The van der Waals surface area contributed by atoms with Gasteiger partial charge in [0.15, 0.2) is 5.96 Å². The number of rotatable bonds is 3. The van der Waals surface area contributed by atoms with E-state index in [0.29, 0.717) is 10.4 Å². The number of hydrogen-bond donors (Lipinski definition) is 3. The molecule has 27 heavy (non-hydrogen) atoms. The van der Waals surface area contributed by atoms with Crippen molar-refractivity contribution in [2.45, 2.75) is 5.54 Å². The summed E-state index contributed by atoms with van der Waals surface area (Å²) in [7, 11) is 1.60. The maximum absolute atomic E-state index is 13.2. The topological polar surface area (TPSA) is 99.2 Å². The van der Waals surface area contributed by atoms with E-state index in [9.17, 15) is 15.0 Å². The quantitative estimate of drug-likeness (QED) is 0.652. The molecule has 1 unspecified atom stereocenters. The Labute approximate surface area is 159 Å². The lowest BCUT2D eigenvalue weighted by Crippen LogP contribution is -2.40. The second-order valence-electron chi connectivity index (χ2n) is 6.31. The molecule has 0 radical (unpaired) electrons. The summed E-state index contributed by atoms with van der Waals surface area (Å²) in [6.45, 7) is 0. The molecule has 2 aromatic carbocycles. The molecular formula is C20H17N3O3S. The first-order valence-corrected chi connectivity index (χ1v) is 9.06. The first kappa shape index (κ1) is 17.1. The highest BCUT2D eigenvalue weighted by Gasteiger charge is 2.50. The molecule has 1 aliphatic heterocycles. The molecule has 1 amide bonds. The zero-order valence-electron chi connectivity index (χ0n) is 14.5. The minimum Gasteiger partial charge on any atom is -0.508 e. The summed E-state index contributed by atoms with van der Waals surface area (Å²) in [4.78, 5) is 20.6. The van der Waals surface area contributed by atoms with Gasteiger partial charge in [0.25, 0.3) is 5.91 Å². The minimum absolute atomic E-state index is 0.0309. The lowest BCUT2D eigenvalue weighted by atomic mass is 9.88. The molecule has 2 heterocycles. The molecule has 6 nitrogen and oxygen atoms in total. The number of amides is 1. The van der Waals surface area contributed by atoms with Crippen LogP contribution in [-0.4, -0.2) is 34.0 Å². The van der Waals surface area contributed by atoms with Gasteiger partial charge in [0, 0.05) is 22.9 Å². The Hall–Kier alpha value is -3.32. The third-order valence-corrected chi connectivity index (χ3v) is 5.82. The number of carbonyl (C=O) groups excluding carboxylic acids is 1. The van der Waals surface area contributed by atoms with Crippen molar-refractivity contribution in [2.75, 3.05) is 7.05 Å². The van der Waals surface area contributed by atoms with Crippen LogP contribution in [0.1, 0.15) is 10.4 Å². The van der Waals surface area contributed by atoms with E-state index in [1.807, 2.05) is 42.5 Å². The summed E-state index contributed by atoms with van der Waals surface area (Å²) in [6, 6.07) is 17.4.